The maximum absolute atomic E-state index is 10.6. The molecule has 0 amide bonds. The molecule has 224 valence electrons. The number of aliphatic hydroxyl groups is 1. The van der Waals surface area contributed by atoms with Crippen LogP contribution in [0.4, 0.5) is 0 Å². The fourth-order valence-electron chi connectivity index (χ4n) is 6.52. The SMILES string of the molecule is CCOc1ccc(Cc2cc([C@@H]3O[C@@]4(CO)[C@@H]([C@H](OCc5ccccc5)[C@H]3OCc3ccccc3)[C@H]4C)ccc2Cl)cc1. The molecular formula is C37H39ClO5. The smallest absolute Gasteiger partial charge is 0.119 e. The largest absolute Gasteiger partial charge is 0.494 e. The van der Waals surface area contributed by atoms with Crippen molar-refractivity contribution in [3.63, 3.8) is 0 Å². The van der Waals surface area contributed by atoms with E-state index >= 15 is 0 Å². The van der Waals surface area contributed by atoms with Crippen molar-refractivity contribution in [3.8, 4) is 5.75 Å². The number of halogens is 1. The molecule has 1 saturated carbocycles. The summed E-state index contributed by atoms with van der Waals surface area (Å²) in [5.74, 6) is 1.000. The number of aliphatic hydroxyl groups excluding tert-OH is 1. The van der Waals surface area contributed by atoms with Crippen molar-refractivity contribution in [1.82, 2.24) is 0 Å². The summed E-state index contributed by atoms with van der Waals surface area (Å²) < 4.78 is 25.9. The Balaban J connectivity index is 1.32. The zero-order valence-electron chi connectivity index (χ0n) is 24.7. The van der Waals surface area contributed by atoms with Crippen molar-refractivity contribution < 1.29 is 24.1 Å². The Hall–Kier alpha value is -3.19. The van der Waals surface area contributed by atoms with E-state index in [9.17, 15) is 5.11 Å². The van der Waals surface area contributed by atoms with Crippen molar-refractivity contribution in [3.05, 3.63) is 136 Å². The number of ether oxygens (including phenoxy) is 4. The molecule has 1 heterocycles. The molecule has 43 heavy (non-hydrogen) atoms. The highest BCUT2D eigenvalue weighted by molar-refractivity contribution is 6.31. The monoisotopic (exact) mass is 598 g/mol. The summed E-state index contributed by atoms with van der Waals surface area (Å²) in [5.41, 5.74) is 4.60. The molecule has 6 atom stereocenters. The molecular weight excluding hydrogens is 560 g/mol. The second-order valence-electron chi connectivity index (χ2n) is 11.6. The van der Waals surface area contributed by atoms with Crippen LogP contribution in [0.2, 0.25) is 5.02 Å². The summed E-state index contributed by atoms with van der Waals surface area (Å²) in [4.78, 5) is 0. The third-order valence-electron chi connectivity index (χ3n) is 8.93. The van der Waals surface area contributed by atoms with Gasteiger partial charge < -0.3 is 24.1 Å². The number of benzene rings is 4. The van der Waals surface area contributed by atoms with Crippen molar-refractivity contribution >= 4 is 11.6 Å². The van der Waals surface area contributed by atoms with Gasteiger partial charge in [0.25, 0.3) is 0 Å². The number of hydrogen-bond acceptors (Lipinski definition) is 5. The Kier molecular flexibility index (Phi) is 9.17. The van der Waals surface area contributed by atoms with Crippen LogP contribution in [0.1, 0.15) is 47.8 Å². The van der Waals surface area contributed by atoms with Crippen molar-refractivity contribution in [2.45, 2.75) is 57.4 Å². The molecule has 0 unspecified atom stereocenters. The fourth-order valence-corrected chi connectivity index (χ4v) is 6.70. The Morgan fingerprint density at radius 2 is 1.42 bits per heavy atom. The van der Waals surface area contributed by atoms with Gasteiger partial charge in [0, 0.05) is 10.9 Å². The lowest BCUT2D eigenvalue weighted by molar-refractivity contribution is -0.221. The highest BCUT2D eigenvalue weighted by Gasteiger charge is 2.72. The molecule has 1 N–H and O–H groups in total. The molecule has 1 aliphatic carbocycles. The minimum absolute atomic E-state index is 0.0221. The first-order chi connectivity index (χ1) is 21.0. The average molecular weight is 599 g/mol. The second kappa shape index (κ2) is 13.2. The first-order valence-electron chi connectivity index (χ1n) is 15.1. The first-order valence-corrected chi connectivity index (χ1v) is 15.5. The lowest BCUT2D eigenvalue weighted by atomic mass is 9.91. The Bertz CT molecular complexity index is 1480. The lowest BCUT2D eigenvalue weighted by Gasteiger charge is -2.41. The molecule has 1 saturated heterocycles. The maximum atomic E-state index is 10.6. The van der Waals surface area contributed by atoms with E-state index in [4.69, 9.17) is 30.5 Å². The van der Waals surface area contributed by atoms with Crippen LogP contribution >= 0.6 is 11.6 Å². The van der Waals surface area contributed by atoms with Crippen molar-refractivity contribution in [2.24, 2.45) is 11.8 Å². The van der Waals surface area contributed by atoms with Gasteiger partial charge in [0.1, 0.15) is 23.6 Å². The highest BCUT2D eigenvalue weighted by Crippen LogP contribution is 2.62. The van der Waals surface area contributed by atoms with Crippen LogP contribution in [0, 0.1) is 11.8 Å². The van der Waals surface area contributed by atoms with Gasteiger partial charge in [-0.1, -0.05) is 103 Å². The average Bonchev–Trinajstić information content (AvgIpc) is 3.65. The second-order valence-corrected chi connectivity index (χ2v) is 12.0. The number of fused-ring (bicyclic) bond motifs is 1. The summed E-state index contributed by atoms with van der Waals surface area (Å²) >= 11 is 6.74. The quantitative estimate of drug-likeness (QED) is 0.182. The molecule has 4 aromatic carbocycles. The van der Waals surface area contributed by atoms with Crippen LogP contribution in [0.5, 0.6) is 5.75 Å². The van der Waals surface area contributed by atoms with Gasteiger partial charge in [-0.25, -0.2) is 0 Å². The molecule has 2 fully saturated rings. The molecule has 1 aliphatic heterocycles. The van der Waals surface area contributed by atoms with E-state index in [0.717, 1.165) is 33.6 Å². The zero-order valence-corrected chi connectivity index (χ0v) is 25.5. The Morgan fingerprint density at radius 3 is 2.02 bits per heavy atom. The molecule has 6 rings (SSSR count). The summed E-state index contributed by atoms with van der Waals surface area (Å²) in [6, 6.07) is 34.5. The van der Waals surface area contributed by atoms with Gasteiger partial charge in [-0.3, -0.25) is 0 Å². The summed E-state index contributed by atoms with van der Waals surface area (Å²) in [6.07, 6.45) is -0.443. The topological polar surface area (TPSA) is 57.2 Å². The minimum Gasteiger partial charge on any atom is -0.494 e. The van der Waals surface area contributed by atoms with Crippen LogP contribution < -0.4 is 4.74 Å². The summed E-state index contributed by atoms with van der Waals surface area (Å²) in [6.45, 7) is 5.56. The minimum atomic E-state index is -0.673. The predicted octanol–water partition coefficient (Wildman–Crippen LogP) is 7.57. The van der Waals surface area contributed by atoms with E-state index in [1.54, 1.807) is 0 Å². The normalized spacial score (nSPS) is 26.1. The zero-order chi connectivity index (χ0) is 29.8. The molecule has 0 spiro atoms. The number of hydrogen-bond donors (Lipinski definition) is 1. The van der Waals surface area contributed by atoms with E-state index in [1.165, 1.54) is 0 Å². The standard InChI is InChI=1S/C37H39ClO5/c1-3-40-31-17-14-26(15-18-31)20-30-21-29(16-19-32(30)38)34-36(42-23-28-12-8-5-9-13-28)35(33-25(2)37(33,24-39)43-34)41-22-27-10-6-4-7-11-27/h4-19,21,25,33-36,39H,3,20,22-24H2,1-2H3/t25-,33-,34+,35+,36+,37-/m1/s1. The van der Waals surface area contributed by atoms with Crippen LogP contribution in [-0.2, 0) is 33.8 Å². The van der Waals surface area contributed by atoms with E-state index < -0.39 is 17.8 Å². The van der Waals surface area contributed by atoms with E-state index in [-0.39, 0.29) is 24.5 Å². The molecule has 6 heteroatoms. The van der Waals surface area contributed by atoms with Gasteiger partial charge in [-0.15, -0.1) is 0 Å². The molecule has 0 bridgehead atoms. The van der Waals surface area contributed by atoms with Gasteiger partial charge in [0.15, 0.2) is 0 Å². The fraction of sp³-hybridized carbons (Fsp3) is 0.351. The molecule has 4 aromatic rings. The first kappa shape index (κ1) is 29.9. The van der Waals surface area contributed by atoms with Crippen LogP contribution in [0.3, 0.4) is 0 Å². The van der Waals surface area contributed by atoms with Crippen molar-refractivity contribution in [2.75, 3.05) is 13.2 Å². The molecule has 2 aliphatic rings. The Morgan fingerprint density at radius 1 is 0.791 bits per heavy atom. The third kappa shape index (κ3) is 6.38. The van der Waals surface area contributed by atoms with Gasteiger partial charge in [0.05, 0.1) is 32.5 Å². The lowest BCUT2D eigenvalue weighted by Crippen LogP contribution is -2.48. The predicted molar refractivity (Wildman–Crippen MR) is 168 cm³/mol. The van der Waals surface area contributed by atoms with E-state index in [2.05, 4.69) is 49.4 Å². The van der Waals surface area contributed by atoms with Crippen LogP contribution in [-0.4, -0.2) is 36.1 Å². The maximum Gasteiger partial charge on any atom is 0.119 e. The van der Waals surface area contributed by atoms with Gasteiger partial charge in [-0.05, 0) is 65.3 Å². The summed E-state index contributed by atoms with van der Waals surface area (Å²) in [5, 5.41) is 11.3. The molecule has 5 nitrogen and oxygen atoms in total. The van der Waals surface area contributed by atoms with Crippen LogP contribution in [0.15, 0.2) is 103 Å². The molecule has 0 radical (unpaired) electrons. The Labute approximate surface area is 259 Å². The summed E-state index contributed by atoms with van der Waals surface area (Å²) in [7, 11) is 0. The van der Waals surface area contributed by atoms with Gasteiger partial charge in [-0.2, -0.15) is 0 Å². The van der Waals surface area contributed by atoms with Crippen LogP contribution in [0.25, 0.3) is 0 Å². The highest BCUT2D eigenvalue weighted by atomic mass is 35.5. The van der Waals surface area contributed by atoms with Gasteiger partial charge in [0.2, 0.25) is 0 Å². The van der Waals surface area contributed by atoms with Gasteiger partial charge >= 0.3 is 0 Å². The third-order valence-corrected chi connectivity index (χ3v) is 9.30. The molecule has 0 aromatic heterocycles. The van der Waals surface area contributed by atoms with Crippen molar-refractivity contribution in [1.29, 1.82) is 0 Å². The number of rotatable bonds is 12. The van der Waals surface area contributed by atoms with E-state index in [0.29, 0.717) is 31.3 Å². The van der Waals surface area contributed by atoms with E-state index in [1.807, 2.05) is 67.6 Å².